The predicted molar refractivity (Wildman–Crippen MR) is 67.0 cm³/mol. The Labute approximate surface area is 106 Å². The second kappa shape index (κ2) is 5.17. The summed E-state index contributed by atoms with van der Waals surface area (Å²) in [4.78, 5) is 15.7. The number of aliphatic hydroxyl groups excluding tert-OH is 1. The Kier molecular flexibility index (Phi) is 3.60. The van der Waals surface area contributed by atoms with Crippen LogP contribution in [0.25, 0.3) is 0 Å². The van der Waals surface area contributed by atoms with Gasteiger partial charge in [-0.2, -0.15) is 5.26 Å². The van der Waals surface area contributed by atoms with Crippen molar-refractivity contribution in [2.45, 2.75) is 6.04 Å². The first-order valence-electron chi connectivity index (χ1n) is 5.80. The fourth-order valence-electron chi connectivity index (χ4n) is 2.08. The highest BCUT2D eigenvalue weighted by Gasteiger charge is 2.32. The van der Waals surface area contributed by atoms with Crippen LogP contribution in [-0.2, 0) is 4.79 Å². The number of hydrogen-bond acceptors (Lipinski definition) is 4. The number of piperazine rings is 1. The zero-order chi connectivity index (χ0) is 13.1. The lowest BCUT2D eigenvalue weighted by Crippen LogP contribution is -2.57. The third-order valence-corrected chi connectivity index (χ3v) is 3.24. The lowest BCUT2D eigenvalue weighted by molar-refractivity contribution is -0.126. The second-order valence-electron chi connectivity index (χ2n) is 4.33. The van der Waals surface area contributed by atoms with Crippen molar-refractivity contribution in [1.82, 2.24) is 4.90 Å². The van der Waals surface area contributed by atoms with Crippen molar-refractivity contribution in [2.24, 2.45) is 0 Å². The number of carbonyl (C=O) groups excluding carboxylic acids is 1. The first-order chi connectivity index (χ1) is 8.67. The molecule has 5 heteroatoms. The van der Waals surface area contributed by atoms with Gasteiger partial charge < -0.3 is 10.0 Å². The molecule has 0 radical (unpaired) electrons. The zero-order valence-corrected chi connectivity index (χ0v) is 10.2. The van der Waals surface area contributed by atoms with Crippen molar-refractivity contribution in [3.8, 4) is 6.07 Å². The minimum Gasteiger partial charge on any atom is -0.394 e. The fourth-order valence-corrected chi connectivity index (χ4v) is 2.08. The first kappa shape index (κ1) is 12.6. The van der Waals surface area contributed by atoms with Crippen molar-refractivity contribution in [1.29, 1.82) is 5.26 Å². The largest absolute Gasteiger partial charge is 0.394 e. The van der Waals surface area contributed by atoms with Gasteiger partial charge in [-0.25, -0.2) is 0 Å². The highest BCUT2D eigenvalue weighted by atomic mass is 16.3. The van der Waals surface area contributed by atoms with E-state index >= 15 is 0 Å². The van der Waals surface area contributed by atoms with Gasteiger partial charge >= 0.3 is 0 Å². The summed E-state index contributed by atoms with van der Waals surface area (Å²) >= 11 is 0. The number of amides is 1. The zero-order valence-electron chi connectivity index (χ0n) is 10.2. The maximum atomic E-state index is 12.2. The van der Waals surface area contributed by atoms with Gasteiger partial charge in [-0.15, -0.1) is 0 Å². The Balaban J connectivity index is 2.22. The molecule has 0 spiro atoms. The van der Waals surface area contributed by atoms with E-state index in [1.807, 2.05) is 18.0 Å². The van der Waals surface area contributed by atoms with E-state index in [-0.39, 0.29) is 12.5 Å². The summed E-state index contributed by atoms with van der Waals surface area (Å²) in [5, 5.41) is 18.0. The van der Waals surface area contributed by atoms with Gasteiger partial charge in [-0.05, 0) is 31.3 Å². The van der Waals surface area contributed by atoms with Crippen molar-refractivity contribution < 1.29 is 9.90 Å². The molecule has 0 aliphatic carbocycles. The Morgan fingerprint density at radius 1 is 1.39 bits per heavy atom. The molecule has 1 aliphatic heterocycles. The Morgan fingerprint density at radius 3 is 2.61 bits per heavy atom. The van der Waals surface area contributed by atoms with Crippen LogP contribution in [0.5, 0.6) is 0 Å². The molecule has 0 aromatic heterocycles. The third-order valence-electron chi connectivity index (χ3n) is 3.24. The summed E-state index contributed by atoms with van der Waals surface area (Å²) in [6, 6.07) is 8.47. The number of hydrogen-bond donors (Lipinski definition) is 1. The first-order valence-corrected chi connectivity index (χ1v) is 5.80. The summed E-state index contributed by atoms with van der Waals surface area (Å²) in [5.74, 6) is -0.101. The molecule has 1 heterocycles. The molecular weight excluding hydrogens is 230 g/mol. The molecule has 1 aliphatic rings. The van der Waals surface area contributed by atoms with E-state index in [9.17, 15) is 9.90 Å². The van der Waals surface area contributed by atoms with E-state index in [1.54, 1.807) is 29.2 Å². The lowest BCUT2D eigenvalue weighted by atomic mass is 10.1. The van der Waals surface area contributed by atoms with Crippen LogP contribution in [0.2, 0.25) is 0 Å². The van der Waals surface area contributed by atoms with E-state index in [2.05, 4.69) is 0 Å². The van der Waals surface area contributed by atoms with Gasteiger partial charge in [0.15, 0.2) is 0 Å². The van der Waals surface area contributed by atoms with Crippen LogP contribution >= 0.6 is 0 Å². The van der Waals surface area contributed by atoms with Gasteiger partial charge in [0, 0.05) is 18.8 Å². The number of nitrogens with zero attached hydrogens (tertiary/aromatic N) is 3. The Bertz CT molecular complexity index is 478. The maximum absolute atomic E-state index is 12.2. The molecule has 1 aromatic carbocycles. The van der Waals surface area contributed by atoms with Crippen molar-refractivity contribution >= 4 is 11.6 Å². The number of carbonyl (C=O) groups is 1. The van der Waals surface area contributed by atoms with Gasteiger partial charge in [0.25, 0.3) is 0 Å². The number of aliphatic hydroxyl groups is 1. The minimum atomic E-state index is -0.477. The third kappa shape index (κ3) is 2.21. The number of likely N-dealkylation sites (N-methyl/N-ethyl adjacent to an activating group) is 1. The van der Waals surface area contributed by atoms with E-state index in [0.717, 1.165) is 12.2 Å². The van der Waals surface area contributed by atoms with Crippen LogP contribution in [0.3, 0.4) is 0 Å². The smallest absolute Gasteiger partial charge is 0.246 e. The van der Waals surface area contributed by atoms with Crippen molar-refractivity contribution in [3.63, 3.8) is 0 Å². The van der Waals surface area contributed by atoms with Crippen LogP contribution in [0, 0.1) is 11.3 Å². The lowest BCUT2D eigenvalue weighted by Gasteiger charge is -2.37. The van der Waals surface area contributed by atoms with E-state index in [4.69, 9.17) is 5.26 Å². The average molecular weight is 245 g/mol. The topological polar surface area (TPSA) is 67.6 Å². The predicted octanol–water partition coefficient (Wildman–Crippen LogP) is 0.198. The molecule has 1 amide bonds. The van der Waals surface area contributed by atoms with E-state index in [0.29, 0.717) is 12.1 Å². The van der Waals surface area contributed by atoms with Gasteiger partial charge in [0.2, 0.25) is 5.91 Å². The van der Waals surface area contributed by atoms with Crippen molar-refractivity contribution in [2.75, 3.05) is 31.6 Å². The van der Waals surface area contributed by atoms with Gasteiger partial charge in [0.05, 0.1) is 18.2 Å². The molecule has 0 saturated carbocycles. The minimum absolute atomic E-state index is 0.101. The quantitative estimate of drug-likeness (QED) is 0.808. The van der Waals surface area contributed by atoms with Gasteiger partial charge in [0.1, 0.15) is 6.04 Å². The number of benzene rings is 1. The molecule has 1 N–H and O–H groups in total. The highest BCUT2D eigenvalue weighted by Crippen LogP contribution is 2.20. The highest BCUT2D eigenvalue weighted by molar-refractivity contribution is 5.98. The number of rotatable bonds is 2. The summed E-state index contributed by atoms with van der Waals surface area (Å²) in [7, 11) is 1.83. The van der Waals surface area contributed by atoms with Crippen LogP contribution in [0.15, 0.2) is 24.3 Å². The van der Waals surface area contributed by atoms with Crippen molar-refractivity contribution in [3.05, 3.63) is 29.8 Å². The molecule has 1 atom stereocenters. The molecule has 5 nitrogen and oxygen atoms in total. The Hall–Kier alpha value is -1.90. The normalized spacial score (nSPS) is 20.8. The fraction of sp³-hybridized carbons (Fsp3) is 0.385. The van der Waals surface area contributed by atoms with Crippen LogP contribution in [0.1, 0.15) is 5.56 Å². The molecule has 1 unspecified atom stereocenters. The summed E-state index contributed by atoms with van der Waals surface area (Å²) < 4.78 is 0. The molecule has 2 rings (SSSR count). The van der Waals surface area contributed by atoms with E-state index in [1.165, 1.54) is 0 Å². The standard InChI is InChI=1S/C13H15N3O2/c1-15-6-7-16(13(18)12(15)9-17)11-4-2-10(8-14)3-5-11/h2-5,12,17H,6-7,9H2,1H3. The van der Waals surface area contributed by atoms with E-state index < -0.39 is 6.04 Å². The average Bonchev–Trinajstić information content (AvgIpc) is 2.40. The SMILES string of the molecule is CN1CCN(c2ccc(C#N)cc2)C(=O)C1CO. The molecule has 1 saturated heterocycles. The molecule has 1 aromatic rings. The maximum Gasteiger partial charge on any atom is 0.246 e. The summed E-state index contributed by atoms with van der Waals surface area (Å²) in [6.07, 6.45) is 0. The van der Waals surface area contributed by atoms with Gasteiger partial charge in [-0.3, -0.25) is 9.69 Å². The molecular formula is C13H15N3O2. The molecule has 0 bridgehead atoms. The van der Waals surface area contributed by atoms with Crippen LogP contribution < -0.4 is 4.90 Å². The number of nitriles is 1. The second-order valence-corrected chi connectivity index (χ2v) is 4.33. The monoisotopic (exact) mass is 245 g/mol. The number of anilines is 1. The Morgan fingerprint density at radius 2 is 2.06 bits per heavy atom. The van der Waals surface area contributed by atoms with Crippen LogP contribution in [0.4, 0.5) is 5.69 Å². The molecule has 94 valence electrons. The molecule has 18 heavy (non-hydrogen) atoms. The van der Waals surface area contributed by atoms with Crippen LogP contribution in [-0.4, -0.2) is 48.7 Å². The summed E-state index contributed by atoms with van der Waals surface area (Å²) in [5.41, 5.74) is 1.34. The van der Waals surface area contributed by atoms with Gasteiger partial charge in [-0.1, -0.05) is 0 Å². The summed E-state index contributed by atoms with van der Waals surface area (Å²) in [6.45, 7) is 1.14. The molecule has 1 fully saturated rings.